The molecule has 1 aliphatic rings. The number of aromatic nitrogens is 2. The summed E-state index contributed by atoms with van der Waals surface area (Å²) >= 11 is 2.36. The van der Waals surface area contributed by atoms with Gasteiger partial charge in [0.15, 0.2) is 0 Å². The fraction of sp³-hybridized carbons (Fsp3) is 0.200. The monoisotopic (exact) mass is 196 g/mol. The van der Waals surface area contributed by atoms with Gasteiger partial charge in [-0.2, -0.15) is 0 Å². The second-order valence-corrected chi connectivity index (χ2v) is 2.88. The van der Waals surface area contributed by atoms with Crippen LogP contribution in [0.25, 0.3) is 0 Å². The topological polar surface area (TPSA) is 53.1 Å². The van der Waals surface area contributed by atoms with Crippen molar-refractivity contribution in [2.75, 3.05) is 5.32 Å². The van der Waals surface area contributed by atoms with E-state index in [0.29, 0.717) is 6.54 Å². The second kappa shape index (κ2) is 2.13. The van der Waals surface area contributed by atoms with E-state index in [-0.39, 0.29) is 0 Å². The molecule has 50 valence electrons. The molecule has 0 amide bonds. The Morgan fingerprint density at radius 2 is 2.50 bits per heavy atom. The maximum absolute atomic E-state index is 4.15. The van der Waals surface area contributed by atoms with E-state index < -0.39 is 0 Å². The van der Waals surface area contributed by atoms with Crippen molar-refractivity contribution in [3.8, 4) is 0 Å². The molecule has 10 heavy (non-hydrogen) atoms. The molecule has 4 nitrogen and oxygen atoms in total. The van der Waals surface area contributed by atoms with Gasteiger partial charge >= 0.3 is 66.1 Å². The summed E-state index contributed by atoms with van der Waals surface area (Å²) in [6.07, 6.45) is 1.67. The van der Waals surface area contributed by atoms with E-state index in [0.717, 1.165) is 16.1 Å². The number of fused-ring (bicyclic) bond motifs is 1. The first-order valence-corrected chi connectivity index (χ1v) is 3.83. The van der Waals surface area contributed by atoms with Gasteiger partial charge in [-0.15, -0.1) is 0 Å². The molecule has 0 fully saturated rings. The third-order valence-corrected chi connectivity index (χ3v) is 1.87. The molecule has 5 heteroatoms. The van der Waals surface area contributed by atoms with Crippen molar-refractivity contribution in [2.24, 2.45) is 4.99 Å². The molecule has 0 saturated heterocycles. The van der Waals surface area contributed by atoms with Gasteiger partial charge in [0, 0.05) is 0 Å². The van der Waals surface area contributed by atoms with Crippen molar-refractivity contribution in [2.45, 2.75) is 6.54 Å². The summed E-state index contributed by atoms with van der Waals surface area (Å²) in [5.74, 6) is 0.894. The van der Waals surface area contributed by atoms with Crippen LogP contribution in [-0.2, 0) is 6.54 Å². The van der Waals surface area contributed by atoms with Crippen molar-refractivity contribution in [3.05, 3.63) is 12.0 Å². The number of hydrogen-bond acceptors (Lipinski definition) is 3. The molecule has 2 heterocycles. The van der Waals surface area contributed by atoms with Gasteiger partial charge in [-0.25, -0.2) is 0 Å². The summed E-state index contributed by atoms with van der Waals surface area (Å²) < 4.78 is 0.868. The third-order valence-electron chi connectivity index (χ3n) is 1.34. The average molecular weight is 196 g/mol. The first-order valence-electron chi connectivity index (χ1n) is 2.89. The van der Waals surface area contributed by atoms with E-state index in [1.54, 1.807) is 6.33 Å². The van der Waals surface area contributed by atoms with E-state index in [1.165, 1.54) is 0 Å². The number of aliphatic imine (C=N–C) groups is 1. The Morgan fingerprint density at radius 3 is 3.40 bits per heavy atom. The molecule has 1 aliphatic heterocycles. The summed E-state index contributed by atoms with van der Waals surface area (Å²) in [5.41, 5.74) is 1.05. The summed E-state index contributed by atoms with van der Waals surface area (Å²) in [6.45, 7) is 0.701. The first-order chi connectivity index (χ1) is 4.86. The zero-order valence-corrected chi connectivity index (χ0v) is 7.00. The maximum atomic E-state index is 4.15. The van der Waals surface area contributed by atoms with E-state index >= 15 is 0 Å². The van der Waals surface area contributed by atoms with Crippen LogP contribution in [-0.4, -0.2) is 31.4 Å². The van der Waals surface area contributed by atoms with Crippen LogP contribution < -0.4 is 5.32 Å². The Kier molecular flexibility index (Phi) is 1.27. The predicted octanol–water partition coefficient (Wildman–Crippen LogP) is -0.140. The Bertz CT molecular complexity index is 277. The molecule has 0 unspecified atom stereocenters. The number of amidine groups is 1. The summed E-state index contributed by atoms with van der Waals surface area (Å²) in [6, 6.07) is 0. The predicted molar refractivity (Wildman–Crippen MR) is 39.1 cm³/mol. The fourth-order valence-corrected chi connectivity index (χ4v) is 1.22. The van der Waals surface area contributed by atoms with Gasteiger partial charge in [0.05, 0.1) is 0 Å². The Balaban J connectivity index is 2.39. The van der Waals surface area contributed by atoms with Crippen LogP contribution in [0.1, 0.15) is 5.69 Å². The van der Waals surface area contributed by atoms with Gasteiger partial charge in [0.1, 0.15) is 0 Å². The number of imidazole rings is 1. The van der Waals surface area contributed by atoms with Gasteiger partial charge in [-0.05, 0) is 0 Å². The zero-order chi connectivity index (χ0) is 6.97. The van der Waals surface area contributed by atoms with E-state index in [1.807, 2.05) is 0 Å². The number of nitrogens with one attached hydrogen (secondary N) is 2. The van der Waals surface area contributed by atoms with Crippen molar-refractivity contribution < 1.29 is 0 Å². The number of rotatable bonds is 0. The van der Waals surface area contributed by atoms with Crippen molar-refractivity contribution >= 4 is 27.3 Å². The van der Waals surface area contributed by atoms with Gasteiger partial charge in [0.25, 0.3) is 0 Å². The van der Waals surface area contributed by atoms with E-state index in [9.17, 15) is 0 Å². The van der Waals surface area contributed by atoms with Crippen LogP contribution in [0.15, 0.2) is 11.3 Å². The molecule has 0 saturated carbocycles. The molecule has 0 aromatic carbocycles. The summed E-state index contributed by atoms with van der Waals surface area (Å²) in [5, 5.41) is 3.02. The fourth-order valence-electron chi connectivity index (χ4n) is 0.849. The van der Waals surface area contributed by atoms with Crippen molar-refractivity contribution in [3.63, 3.8) is 0 Å². The number of H-pyrrole nitrogens is 1. The Morgan fingerprint density at radius 1 is 1.60 bits per heavy atom. The number of nitrogens with zero attached hydrogens (tertiary/aromatic N) is 2. The quantitative estimate of drug-likeness (QED) is 0.567. The number of anilines is 1. The second-order valence-electron chi connectivity index (χ2n) is 1.99. The molecule has 0 bridgehead atoms. The molecule has 2 N–H and O–H groups in total. The normalized spacial score (nSPS) is 15.5. The van der Waals surface area contributed by atoms with Crippen LogP contribution in [0.5, 0.6) is 0 Å². The van der Waals surface area contributed by atoms with Crippen molar-refractivity contribution in [1.82, 2.24) is 9.97 Å². The van der Waals surface area contributed by atoms with Crippen LogP contribution in [0.2, 0.25) is 0 Å². The van der Waals surface area contributed by atoms with Crippen LogP contribution >= 0.6 is 0 Å². The Hall–Kier alpha value is -0.762. The molecule has 0 aliphatic carbocycles. The summed E-state index contributed by atoms with van der Waals surface area (Å²) in [7, 11) is 0. The molecular weight excluding hydrogens is 191 g/mol. The number of hydrogen-bond donors (Lipinski definition) is 2. The van der Waals surface area contributed by atoms with Crippen LogP contribution in [0, 0.1) is 0 Å². The van der Waals surface area contributed by atoms with Crippen LogP contribution in [0.4, 0.5) is 5.82 Å². The van der Waals surface area contributed by atoms with Gasteiger partial charge in [0.2, 0.25) is 0 Å². The van der Waals surface area contributed by atoms with Gasteiger partial charge in [-0.3, -0.25) is 0 Å². The molecule has 2 radical (unpaired) electrons. The number of aromatic amines is 1. The molecule has 2 rings (SSSR count). The molecule has 1 aromatic heterocycles. The Labute approximate surface area is 66.6 Å². The minimum atomic E-state index is 0.701. The first kappa shape index (κ1) is 5.98. The molecular formula is C5H5AsN4. The van der Waals surface area contributed by atoms with Crippen molar-refractivity contribution in [1.29, 1.82) is 0 Å². The molecule has 0 atom stereocenters. The van der Waals surface area contributed by atoms with Gasteiger partial charge < -0.3 is 0 Å². The van der Waals surface area contributed by atoms with E-state index in [4.69, 9.17) is 0 Å². The minimum absolute atomic E-state index is 0.701. The van der Waals surface area contributed by atoms with Crippen LogP contribution in [0.3, 0.4) is 0 Å². The summed E-state index contributed by atoms with van der Waals surface area (Å²) in [4.78, 5) is 11.2. The molecule has 1 aromatic rings. The SMILES string of the molecule is [As]C1=NCc2[nH]cnc2N1. The third kappa shape index (κ3) is 0.847. The zero-order valence-electron chi connectivity index (χ0n) is 5.13. The molecule has 0 spiro atoms. The standard InChI is InChI=1S/C5H5AsN4/c6-5-7-1-3-4(10-5)9-2-8-3/h2H,1H2,(H,7,10)(H,8,9). The average Bonchev–Trinajstić information content (AvgIpc) is 2.33. The van der Waals surface area contributed by atoms with E-state index in [2.05, 4.69) is 37.1 Å². The van der Waals surface area contributed by atoms with Gasteiger partial charge in [-0.1, -0.05) is 0 Å².